The Bertz CT molecular complexity index is 978. The number of aliphatic carboxylic acids is 1. The summed E-state index contributed by atoms with van der Waals surface area (Å²) in [6, 6.07) is 17.5. The van der Waals surface area contributed by atoms with Crippen molar-refractivity contribution in [1.82, 2.24) is 15.8 Å². The van der Waals surface area contributed by atoms with Crippen molar-refractivity contribution in [2.75, 3.05) is 19.7 Å². The minimum absolute atomic E-state index is 0.0113. The van der Waals surface area contributed by atoms with Crippen LogP contribution in [0.15, 0.2) is 54.6 Å². The van der Waals surface area contributed by atoms with Crippen LogP contribution in [0.5, 0.6) is 0 Å². The van der Waals surface area contributed by atoms with Gasteiger partial charge in [-0.1, -0.05) is 42.5 Å². The number of aryl methyl sites for hydroxylation is 1. The summed E-state index contributed by atoms with van der Waals surface area (Å²) in [6.45, 7) is 2.87. The predicted molar refractivity (Wildman–Crippen MR) is 128 cm³/mol. The van der Waals surface area contributed by atoms with Crippen molar-refractivity contribution in [2.45, 2.75) is 38.8 Å². The van der Waals surface area contributed by atoms with E-state index < -0.39 is 12.1 Å². The Morgan fingerprint density at radius 3 is 2.43 bits per heavy atom. The highest BCUT2D eigenvalue weighted by atomic mass is 16.5. The van der Waals surface area contributed by atoms with E-state index in [1.54, 1.807) is 17.1 Å². The standard InChI is InChI=1S/C23H29N5O3.C2H4O2/c24-22(25)19-10-8-18(9-11-19)16-26-21(29)15-20-23(30)28(13-14-31-20)27-12-4-7-17-5-2-1-3-6-17;1-2(3)4/h1-3,5-6,8-11,20,27H,4,7,12-16H2,(H3,24,25)(H,26,29);1H3,(H,3,4)/t20-;/m0./s1. The summed E-state index contributed by atoms with van der Waals surface area (Å²) in [6.07, 6.45) is 1.06. The molecule has 1 aliphatic heterocycles. The number of nitrogens with two attached hydrogens (primary N) is 2. The van der Waals surface area contributed by atoms with Crippen LogP contribution in [-0.4, -0.2) is 54.4 Å². The number of morpholine rings is 1. The number of nitrogens with zero attached hydrogens (tertiary/aromatic N) is 1. The second-order valence-corrected chi connectivity index (χ2v) is 7.97. The molecule has 2 aromatic carbocycles. The zero-order valence-electron chi connectivity index (χ0n) is 19.9. The molecule has 0 aromatic heterocycles. The van der Waals surface area contributed by atoms with Crippen molar-refractivity contribution in [2.24, 2.45) is 5.73 Å². The average molecular weight is 484 g/mol. The Morgan fingerprint density at radius 1 is 1.14 bits per heavy atom. The number of hydrogen-bond acceptors (Lipinski definition) is 6. The topological polar surface area (TPSA) is 162 Å². The molecule has 6 N–H and O–H groups in total. The van der Waals surface area contributed by atoms with Crippen LogP contribution in [0.25, 0.3) is 0 Å². The summed E-state index contributed by atoms with van der Waals surface area (Å²) in [5.74, 6) is -1.28. The summed E-state index contributed by atoms with van der Waals surface area (Å²) >= 11 is 0. The molecule has 1 atom stereocenters. The van der Waals surface area contributed by atoms with Crippen LogP contribution in [0.4, 0.5) is 0 Å². The Labute approximate surface area is 204 Å². The van der Waals surface area contributed by atoms with Gasteiger partial charge in [0, 0.05) is 19.1 Å². The van der Waals surface area contributed by atoms with Gasteiger partial charge in [0.15, 0.2) is 0 Å². The minimum atomic E-state index is -1.08. The van der Waals surface area contributed by atoms with Crippen molar-refractivity contribution in [3.63, 3.8) is 0 Å². The number of ether oxygens (including phenoxy) is 1. The van der Waals surface area contributed by atoms with Crippen molar-refractivity contribution >= 4 is 23.6 Å². The first-order valence-corrected chi connectivity index (χ1v) is 11.4. The lowest BCUT2D eigenvalue weighted by Crippen LogP contribution is -2.55. The van der Waals surface area contributed by atoms with Gasteiger partial charge in [0.1, 0.15) is 6.10 Å². The monoisotopic (exact) mass is 483 g/mol. The number of amidine groups is 1. The van der Waals surface area contributed by atoms with Crippen molar-refractivity contribution in [3.05, 3.63) is 71.3 Å². The van der Waals surface area contributed by atoms with Gasteiger partial charge in [0.05, 0.1) is 25.1 Å². The fourth-order valence-electron chi connectivity index (χ4n) is 3.35. The highest BCUT2D eigenvalue weighted by Gasteiger charge is 2.31. The Kier molecular flexibility index (Phi) is 11.4. The minimum Gasteiger partial charge on any atom is -0.550 e. The third kappa shape index (κ3) is 10.4. The molecule has 1 aliphatic rings. The number of carboxylic acids is 1. The van der Waals surface area contributed by atoms with Crippen LogP contribution >= 0.6 is 0 Å². The van der Waals surface area contributed by atoms with Gasteiger partial charge in [-0.15, -0.1) is 0 Å². The molecule has 0 aliphatic carbocycles. The molecule has 3 rings (SSSR count). The lowest BCUT2D eigenvalue weighted by Gasteiger charge is -2.32. The molecule has 0 bridgehead atoms. The zero-order valence-corrected chi connectivity index (χ0v) is 19.9. The molecular weight excluding hydrogens is 450 g/mol. The van der Waals surface area contributed by atoms with Gasteiger partial charge in [-0.2, -0.15) is 0 Å². The largest absolute Gasteiger partial charge is 0.550 e. The molecule has 1 fully saturated rings. The third-order valence-electron chi connectivity index (χ3n) is 5.11. The normalized spacial score (nSPS) is 15.1. The fourth-order valence-corrected chi connectivity index (χ4v) is 3.35. The van der Waals surface area contributed by atoms with Gasteiger partial charge in [-0.3, -0.25) is 25.7 Å². The first-order valence-electron chi connectivity index (χ1n) is 11.4. The highest BCUT2D eigenvalue weighted by molar-refractivity contribution is 5.92. The highest BCUT2D eigenvalue weighted by Crippen LogP contribution is 2.10. The Morgan fingerprint density at radius 2 is 1.80 bits per heavy atom. The van der Waals surface area contributed by atoms with Gasteiger partial charge in [0.2, 0.25) is 5.91 Å². The van der Waals surface area contributed by atoms with Crippen LogP contribution in [0, 0.1) is 0 Å². The molecule has 188 valence electrons. The van der Waals surface area contributed by atoms with E-state index in [0.717, 1.165) is 30.9 Å². The first kappa shape index (κ1) is 27.5. The lowest BCUT2D eigenvalue weighted by molar-refractivity contribution is -0.302. The molecular formula is C25H33N5O5. The van der Waals surface area contributed by atoms with Gasteiger partial charge >= 0.3 is 0 Å². The summed E-state index contributed by atoms with van der Waals surface area (Å²) < 4.78 is 5.54. The molecule has 35 heavy (non-hydrogen) atoms. The molecule has 0 unspecified atom stereocenters. The second kappa shape index (κ2) is 14.5. The van der Waals surface area contributed by atoms with E-state index in [1.165, 1.54) is 5.56 Å². The van der Waals surface area contributed by atoms with Crippen LogP contribution in [0.1, 0.15) is 36.5 Å². The summed E-state index contributed by atoms with van der Waals surface area (Å²) in [5.41, 5.74) is 11.6. The second-order valence-electron chi connectivity index (χ2n) is 7.97. The maximum atomic E-state index is 12.6. The van der Waals surface area contributed by atoms with Gasteiger partial charge < -0.3 is 20.0 Å². The Balaban J connectivity index is 0.00000100. The molecule has 10 nitrogen and oxygen atoms in total. The number of hydrazine groups is 1. The van der Waals surface area contributed by atoms with Crippen molar-refractivity contribution in [1.29, 1.82) is 0 Å². The van der Waals surface area contributed by atoms with E-state index in [1.807, 2.05) is 30.3 Å². The van der Waals surface area contributed by atoms with E-state index in [9.17, 15) is 9.59 Å². The van der Waals surface area contributed by atoms with Crippen LogP contribution in [0.2, 0.25) is 0 Å². The number of benzene rings is 2. The van der Waals surface area contributed by atoms with E-state index in [2.05, 4.69) is 22.9 Å². The van der Waals surface area contributed by atoms with Crippen LogP contribution < -0.4 is 27.0 Å². The number of amides is 2. The molecule has 1 heterocycles. The number of nitrogens with one attached hydrogen (secondary N) is 2. The maximum Gasteiger partial charge on any atom is 0.270 e. The van der Waals surface area contributed by atoms with E-state index in [0.29, 0.717) is 26.2 Å². The van der Waals surface area contributed by atoms with Gasteiger partial charge in [0.25, 0.3) is 11.7 Å². The number of carbonyl (C=O) groups is 3. The van der Waals surface area contributed by atoms with Crippen LogP contribution in [-0.2, 0) is 32.1 Å². The van der Waals surface area contributed by atoms with Crippen molar-refractivity contribution in [3.8, 4) is 0 Å². The van der Waals surface area contributed by atoms with Gasteiger partial charge in [-0.25, -0.2) is 5.43 Å². The third-order valence-corrected chi connectivity index (χ3v) is 5.11. The number of hydrogen-bond donors (Lipinski definition) is 4. The number of rotatable bonds is 10. The SMILES string of the molecule is CC(=O)[O-].NC(=[NH2+])c1ccc(CNC(=O)C[C@@H]2OCCN(NCCCc3ccccc3)C2=O)cc1. The molecule has 0 spiro atoms. The van der Waals surface area contributed by atoms with E-state index >= 15 is 0 Å². The molecule has 1 saturated heterocycles. The molecule has 2 amide bonds. The maximum absolute atomic E-state index is 12.6. The van der Waals surface area contributed by atoms with Gasteiger partial charge in [-0.05, 0) is 43.0 Å². The molecule has 2 aromatic rings. The number of carbonyl (C=O) groups excluding carboxylic acids is 3. The smallest absolute Gasteiger partial charge is 0.270 e. The lowest BCUT2D eigenvalue weighted by atomic mass is 10.1. The quantitative estimate of drug-likeness (QED) is 0.177. The fraction of sp³-hybridized carbons (Fsp3) is 0.360. The van der Waals surface area contributed by atoms with Crippen molar-refractivity contribution < 1.29 is 29.6 Å². The molecule has 10 heteroatoms. The summed E-state index contributed by atoms with van der Waals surface area (Å²) in [5, 5.41) is 18.8. The molecule has 0 radical (unpaired) electrons. The Hall–Kier alpha value is -3.76. The van der Waals surface area contributed by atoms with E-state index in [-0.39, 0.29) is 24.1 Å². The predicted octanol–water partition coefficient (Wildman–Crippen LogP) is -1.72. The average Bonchev–Trinajstić information content (AvgIpc) is 2.83. The van der Waals surface area contributed by atoms with E-state index in [4.69, 9.17) is 25.8 Å². The zero-order chi connectivity index (χ0) is 25.6. The first-order chi connectivity index (χ1) is 16.8. The number of carboxylic acid groups (broad SMARTS) is 1. The van der Waals surface area contributed by atoms with Crippen LogP contribution in [0.3, 0.4) is 0 Å². The summed E-state index contributed by atoms with van der Waals surface area (Å²) in [4.78, 5) is 33.8. The molecule has 0 saturated carbocycles. The summed E-state index contributed by atoms with van der Waals surface area (Å²) in [7, 11) is 0.